The number of halogens is 1. The molecule has 2 bridgehead atoms. The SMILES string of the molecule is O=C(Oc1ccc(O)cc1)C1CC2(O)c3ccccc3C1(O)c1ccc(Br)cc12. The molecule has 0 saturated carbocycles. The minimum atomic E-state index is -1.62. The Kier molecular flexibility index (Phi) is 3.90. The Morgan fingerprint density at radius 1 is 0.931 bits per heavy atom. The monoisotopic (exact) mass is 452 g/mol. The quantitative estimate of drug-likeness (QED) is 0.408. The maximum absolute atomic E-state index is 13.1. The lowest BCUT2D eigenvalue weighted by Gasteiger charge is -2.53. The van der Waals surface area contributed by atoms with Gasteiger partial charge in [-0.25, -0.2) is 0 Å². The van der Waals surface area contributed by atoms with E-state index in [0.717, 1.165) is 4.47 Å². The first kappa shape index (κ1) is 18.4. The molecule has 6 rings (SSSR count). The lowest BCUT2D eigenvalue weighted by molar-refractivity contribution is -0.157. The molecule has 3 aromatic rings. The van der Waals surface area contributed by atoms with Crippen molar-refractivity contribution in [2.45, 2.75) is 17.6 Å². The minimum Gasteiger partial charge on any atom is -0.508 e. The molecule has 0 saturated heterocycles. The second-order valence-electron chi connectivity index (χ2n) is 7.53. The summed E-state index contributed by atoms with van der Waals surface area (Å²) in [7, 11) is 0. The van der Waals surface area contributed by atoms with Gasteiger partial charge in [-0.1, -0.05) is 46.3 Å². The number of esters is 1. The first-order valence-electron chi connectivity index (χ1n) is 9.20. The summed E-state index contributed by atoms with van der Waals surface area (Å²) >= 11 is 3.43. The maximum atomic E-state index is 13.1. The van der Waals surface area contributed by atoms with E-state index in [1.807, 2.05) is 6.07 Å². The maximum Gasteiger partial charge on any atom is 0.318 e. The Morgan fingerprint density at radius 2 is 1.59 bits per heavy atom. The van der Waals surface area contributed by atoms with Gasteiger partial charge in [-0.3, -0.25) is 4.79 Å². The lowest BCUT2D eigenvalue weighted by atomic mass is 9.54. The van der Waals surface area contributed by atoms with Crippen LogP contribution in [-0.2, 0) is 16.0 Å². The summed E-state index contributed by atoms with van der Waals surface area (Å²) in [5.41, 5.74) is -0.843. The molecule has 146 valence electrons. The third kappa shape index (κ3) is 2.50. The highest BCUT2D eigenvalue weighted by molar-refractivity contribution is 9.10. The Bertz CT molecular complexity index is 1140. The van der Waals surface area contributed by atoms with Gasteiger partial charge >= 0.3 is 5.97 Å². The van der Waals surface area contributed by atoms with E-state index in [2.05, 4.69) is 15.9 Å². The fourth-order valence-electron chi connectivity index (χ4n) is 4.65. The summed E-state index contributed by atoms with van der Waals surface area (Å²) in [6.07, 6.45) is 0.000877. The molecule has 0 amide bonds. The van der Waals surface area contributed by atoms with Crippen LogP contribution in [0.15, 0.2) is 71.2 Å². The van der Waals surface area contributed by atoms with Crippen molar-refractivity contribution in [3.05, 3.63) is 93.5 Å². The lowest BCUT2D eigenvalue weighted by Crippen LogP contribution is -2.57. The van der Waals surface area contributed by atoms with Crippen molar-refractivity contribution < 1.29 is 24.9 Å². The topological polar surface area (TPSA) is 87.0 Å². The predicted octanol–water partition coefficient (Wildman–Crippen LogP) is 3.57. The fourth-order valence-corrected chi connectivity index (χ4v) is 5.01. The number of benzene rings is 3. The van der Waals surface area contributed by atoms with Crippen LogP contribution in [0.25, 0.3) is 0 Å². The highest BCUT2D eigenvalue weighted by Gasteiger charge is 2.62. The van der Waals surface area contributed by atoms with Gasteiger partial charge in [0.05, 0.1) is 5.92 Å². The second kappa shape index (κ2) is 6.16. The van der Waals surface area contributed by atoms with Crippen molar-refractivity contribution in [2.75, 3.05) is 0 Å². The number of carbonyl (C=O) groups is 1. The average molecular weight is 453 g/mol. The highest BCUT2D eigenvalue weighted by atomic mass is 79.9. The van der Waals surface area contributed by atoms with E-state index in [0.29, 0.717) is 22.3 Å². The van der Waals surface area contributed by atoms with Gasteiger partial charge in [-0.2, -0.15) is 0 Å². The molecule has 0 radical (unpaired) electrons. The zero-order valence-electron chi connectivity index (χ0n) is 15.2. The summed E-state index contributed by atoms with van der Waals surface area (Å²) in [5, 5.41) is 33.0. The third-order valence-corrected chi connectivity index (χ3v) is 6.46. The number of hydrogen-bond acceptors (Lipinski definition) is 5. The Morgan fingerprint density at radius 3 is 2.31 bits per heavy atom. The Hall–Kier alpha value is -2.67. The number of hydrogen-bond donors (Lipinski definition) is 3. The van der Waals surface area contributed by atoms with Crippen LogP contribution in [0.2, 0.25) is 0 Å². The van der Waals surface area contributed by atoms with Gasteiger partial charge in [-0.15, -0.1) is 0 Å². The van der Waals surface area contributed by atoms with E-state index < -0.39 is 23.1 Å². The molecule has 3 aliphatic rings. The van der Waals surface area contributed by atoms with Crippen molar-refractivity contribution in [3.63, 3.8) is 0 Å². The molecule has 3 atom stereocenters. The molecule has 0 heterocycles. The smallest absolute Gasteiger partial charge is 0.318 e. The van der Waals surface area contributed by atoms with Crippen LogP contribution in [0.4, 0.5) is 0 Å². The molecule has 3 aromatic carbocycles. The standard InChI is InChI=1S/C23H17BrO5/c24-13-5-10-18-19(11-13)22(27)12-20(21(26)29-15-8-6-14(25)7-9-15)23(18,28)17-4-2-1-3-16(17)22/h1-11,20,25,27-28H,12H2. The average Bonchev–Trinajstić information content (AvgIpc) is 2.71. The van der Waals surface area contributed by atoms with Gasteiger partial charge < -0.3 is 20.1 Å². The number of fused-ring (bicyclic) bond motifs is 1. The van der Waals surface area contributed by atoms with Gasteiger partial charge in [0.25, 0.3) is 0 Å². The van der Waals surface area contributed by atoms with Crippen LogP contribution in [0.1, 0.15) is 28.7 Å². The molecule has 0 fully saturated rings. The first-order chi connectivity index (χ1) is 13.8. The Balaban J connectivity index is 1.65. The van der Waals surface area contributed by atoms with E-state index in [1.54, 1.807) is 36.4 Å². The minimum absolute atomic E-state index is 0.000877. The third-order valence-electron chi connectivity index (χ3n) is 5.96. The molecule has 5 nitrogen and oxygen atoms in total. The van der Waals surface area contributed by atoms with Gasteiger partial charge in [0.15, 0.2) is 0 Å². The summed E-state index contributed by atoms with van der Waals surface area (Å²) in [6, 6.07) is 18.2. The van der Waals surface area contributed by atoms with Crippen molar-refractivity contribution in [1.82, 2.24) is 0 Å². The zero-order chi connectivity index (χ0) is 20.4. The summed E-state index contributed by atoms with van der Waals surface area (Å²) in [5.74, 6) is -1.32. The predicted molar refractivity (Wildman–Crippen MR) is 108 cm³/mol. The number of phenolic OH excluding ortho intramolecular Hbond substituents is 1. The molecular formula is C23H17BrO5. The van der Waals surface area contributed by atoms with Gasteiger partial charge in [0.2, 0.25) is 0 Å². The van der Waals surface area contributed by atoms with Crippen LogP contribution >= 0.6 is 15.9 Å². The van der Waals surface area contributed by atoms with E-state index in [-0.39, 0.29) is 17.9 Å². The summed E-state index contributed by atoms with van der Waals surface area (Å²) < 4.78 is 6.27. The summed E-state index contributed by atoms with van der Waals surface area (Å²) in [4.78, 5) is 13.1. The van der Waals surface area contributed by atoms with Crippen molar-refractivity contribution in [1.29, 1.82) is 0 Å². The molecular weight excluding hydrogens is 436 g/mol. The molecule has 3 unspecified atom stereocenters. The van der Waals surface area contributed by atoms with Crippen molar-refractivity contribution >= 4 is 21.9 Å². The van der Waals surface area contributed by atoms with Crippen LogP contribution < -0.4 is 4.74 Å². The molecule has 0 aromatic heterocycles. The van der Waals surface area contributed by atoms with Gasteiger partial charge in [-0.05, 0) is 58.7 Å². The largest absolute Gasteiger partial charge is 0.508 e. The van der Waals surface area contributed by atoms with Crippen LogP contribution in [0.3, 0.4) is 0 Å². The van der Waals surface area contributed by atoms with Gasteiger partial charge in [0, 0.05) is 10.9 Å². The van der Waals surface area contributed by atoms with Crippen LogP contribution in [-0.4, -0.2) is 21.3 Å². The van der Waals surface area contributed by atoms with Crippen molar-refractivity contribution in [3.8, 4) is 11.5 Å². The number of rotatable bonds is 2. The van der Waals surface area contributed by atoms with Gasteiger partial charge in [0.1, 0.15) is 22.7 Å². The number of aliphatic hydroxyl groups is 2. The molecule has 29 heavy (non-hydrogen) atoms. The molecule has 3 aliphatic carbocycles. The van der Waals surface area contributed by atoms with Crippen molar-refractivity contribution in [2.24, 2.45) is 5.92 Å². The number of ether oxygens (including phenoxy) is 1. The van der Waals surface area contributed by atoms with E-state index >= 15 is 0 Å². The van der Waals surface area contributed by atoms with Crippen LogP contribution in [0, 0.1) is 5.92 Å². The Labute approximate surface area is 175 Å². The number of phenols is 1. The molecule has 3 N–H and O–H groups in total. The highest BCUT2D eigenvalue weighted by Crippen LogP contribution is 2.60. The first-order valence-corrected chi connectivity index (χ1v) is 9.99. The number of aromatic hydroxyl groups is 1. The molecule has 0 aliphatic heterocycles. The molecule has 6 heteroatoms. The number of carbonyl (C=O) groups excluding carboxylic acids is 1. The normalized spacial score (nSPS) is 26.5. The summed E-state index contributed by atoms with van der Waals surface area (Å²) in [6.45, 7) is 0. The van der Waals surface area contributed by atoms with E-state index in [9.17, 15) is 20.1 Å². The zero-order valence-corrected chi connectivity index (χ0v) is 16.8. The van der Waals surface area contributed by atoms with E-state index in [4.69, 9.17) is 4.74 Å². The molecule has 0 spiro atoms. The second-order valence-corrected chi connectivity index (χ2v) is 8.45. The fraction of sp³-hybridized carbons (Fsp3) is 0.174. The van der Waals surface area contributed by atoms with Crippen LogP contribution in [0.5, 0.6) is 11.5 Å². The van der Waals surface area contributed by atoms with E-state index in [1.165, 1.54) is 24.3 Å².